The number of nitrogens with one attached hydrogen (secondary N) is 1. The Labute approximate surface area is 144 Å². The molecule has 0 aromatic heterocycles. The van der Waals surface area contributed by atoms with Crippen molar-refractivity contribution in [3.05, 3.63) is 69.8 Å². The second-order valence-electron chi connectivity index (χ2n) is 6.37. The first kappa shape index (κ1) is 15.5. The van der Waals surface area contributed by atoms with E-state index in [0.29, 0.717) is 17.0 Å². The van der Waals surface area contributed by atoms with E-state index in [1.807, 2.05) is 18.2 Å². The average molecular weight is 338 g/mol. The maximum atomic E-state index is 11.5. The number of aromatic hydroxyl groups is 1. The van der Waals surface area contributed by atoms with Crippen LogP contribution in [-0.4, -0.2) is 17.1 Å². The van der Waals surface area contributed by atoms with E-state index in [4.69, 9.17) is 4.74 Å². The van der Waals surface area contributed by atoms with E-state index < -0.39 is 0 Å². The zero-order valence-corrected chi connectivity index (χ0v) is 13.7. The molecule has 0 amide bonds. The van der Waals surface area contributed by atoms with Gasteiger partial charge >= 0.3 is 0 Å². The zero-order chi connectivity index (χ0) is 17.6. The topological polar surface area (TPSA) is 84.6 Å². The van der Waals surface area contributed by atoms with Crippen molar-refractivity contribution in [3.8, 4) is 11.5 Å². The predicted octanol–water partition coefficient (Wildman–Crippen LogP) is 4.14. The van der Waals surface area contributed by atoms with E-state index in [2.05, 4.69) is 17.5 Å². The molecule has 0 bridgehead atoms. The fourth-order valence-electron chi connectivity index (χ4n) is 4.02. The lowest BCUT2D eigenvalue weighted by Gasteiger charge is -2.37. The van der Waals surface area contributed by atoms with E-state index in [-0.39, 0.29) is 34.2 Å². The van der Waals surface area contributed by atoms with E-state index >= 15 is 0 Å². The van der Waals surface area contributed by atoms with Crippen LogP contribution in [0.1, 0.15) is 29.5 Å². The molecule has 1 aliphatic carbocycles. The van der Waals surface area contributed by atoms with Gasteiger partial charge < -0.3 is 15.2 Å². The number of hydrogen-bond donors (Lipinski definition) is 2. The number of anilines is 1. The lowest BCUT2D eigenvalue weighted by atomic mass is 9.76. The summed E-state index contributed by atoms with van der Waals surface area (Å²) in [5.74, 6) is 0.754. The molecule has 1 heterocycles. The Morgan fingerprint density at radius 3 is 2.76 bits per heavy atom. The maximum Gasteiger partial charge on any atom is 0.292 e. The number of phenols is 1. The van der Waals surface area contributed by atoms with Crippen LogP contribution in [0.2, 0.25) is 0 Å². The fourth-order valence-corrected chi connectivity index (χ4v) is 4.02. The van der Waals surface area contributed by atoms with Gasteiger partial charge in [0, 0.05) is 17.5 Å². The number of rotatable bonds is 3. The molecule has 3 unspecified atom stereocenters. The molecule has 2 aliphatic rings. The van der Waals surface area contributed by atoms with Gasteiger partial charge in [-0.1, -0.05) is 36.4 Å². The summed E-state index contributed by atoms with van der Waals surface area (Å²) in [7, 11) is 1.51. The molecule has 2 aromatic rings. The quantitative estimate of drug-likeness (QED) is 0.499. The Morgan fingerprint density at radius 1 is 1.24 bits per heavy atom. The number of benzene rings is 2. The molecule has 0 spiro atoms. The molecule has 2 aromatic carbocycles. The highest BCUT2D eigenvalue weighted by molar-refractivity contribution is 5.71. The Hall–Kier alpha value is -3.02. The number of hydrogen-bond acceptors (Lipinski definition) is 5. The van der Waals surface area contributed by atoms with E-state index in [1.165, 1.54) is 13.2 Å². The number of phenolic OH excluding ortho intramolecular Hbond substituents is 1. The monoisotopic (exact) mass is 338 g/mol. The third-order valence-corrected chi connectivity index (χ3v) is 5.16. The second-order valence-corrected chi connectivity index (χ2v) is 6.37. The Kier molecular flexibility index (Phi) is 3.60. The number of allylic oxidation sites excluding steroid dienone is 2. The minimum Gasteiger partial charge on any atom is -0.504 e. The highest BCUT2D eigenvalue weighted by Crippen LogP contribution is 2.53. The Balaban J connectivity index is 1.86. The summed E-state index contributed by atoms with van der Waals surface area (Å²) in [6.45, 7) is 0. The first-order valence-corrected chi connectivity index (χ1v) is 8.18. The minimum atomic E-state index is -0.368. The average Bonchev–Trinajstić information content (AvgIpc) is 3.11. The Bertz CT molecular complexity index is 878. The molecule has 1 aliphatic heterocycles. The molecule has 128 valence electrons. The first-order valence-electron chi connectivity index (χ1n) is 8.18. The molecular weight excluding hydrogens is 320 g/mol. The summed E-state index contributed by atoms with van der Waals surface area (Å²) in [6, 6.07) is 10.3. The number of nitrogens with zero attached hydrogens (tertiary/aromatic N) is 1. The summed E-state index contributed by atoms with van der Waals surface area (Å²) in [6.07, 6.45) is 5.06. The van der Waals surface area contributed by atoms with Crippen molar-refractivity contribution in [1.82, 2.24) is 0 Å². The molecular formula is C19H18N2O4. The van der Waals surface area contributed by atoms with Gasteiger partial charge in [0.05, 0.1) is 18.1 Å². The number of nitro groups is 1. The summed E-state index contributed by atoms with van der Waals surface area (Å²) in [5, 5.41) is 25.4. The highest BCUT2D eigenvalue weighted by Gasteiger charge is 2.41. The number of fused-ring (bicyclic) bond motifs is 3. The van der Waals surface area contributed by atoms with E-state index in [9.17, 15) is 15.2 Å². The van der Waals surface area contributed by atoms with Crippen molar-refractivity contribution < 1.29 is 14.8 Å². The van der Waals surface area contributed by atoms with E-state index in [0.717, 1.165) is 12.0 Å². The molecule has 0 saturated carbocycles. The van der Waals surface area contributed by atoms with Gasteiger partial charge in [-0.15, -0.1) is 0 Å². The second kappa shape index (κ2) is 5.81. The van der Waals surface area contributed by atoms with Gasteiger partial charge in [-0.2, -0.15) is 0 Å². The van der Waals surface area contributed by atoms with Crippen LogP contribution in [0.15, 0.2) is 48.6 Å². The van der Waals surface area contributed by atoms with Crippen LogP contribution >= 0.6 is 0 Å². The van der Waals surface area contributed by atoms with Crippen molar-refractivity contribution in [2.24, 2.45) is 5.92 Å². The van der Waals surface area contributed by atoms with Crippen LogP contribution in [0.25, 0.3) is 0 Å². The first-order chi connectivity index (χ1) is 12.1. The van der Waals surface area contributed by atoms with Gasteiger partial charge in [-0.05, 0) is 24.0 Å². The molecule has 6 heteroatoms. The molecule has 2 N–H and O–H groups in total. The van der Waals surface area contributed by atoms with Crippen molar-refractivity contribution >= 4 is 11.4 Å². The van der Waals surface area contributed by atoms with Crippen molar-refractivity contribution in [2.45, 2.75) is 18.4 Å². The summed E-state index contributed by atoms with van der Waals surface area (Å²) in [4.78, 5) is 11.1. The smallest absolute Gasteiger partial charge is 0.292 e. The van der Waals surface area contributed by atoms with Gasteiger partial charge in [-0.3, -0.25) is 10.1 Å². The number of ether oxygens (including phenoxy) is 1. The van der Waals surface area contributed by atoms with Crippen molar-refractivity contribution in [2.75, 3.05) is 12.4 Å². The lowest BCUT2D eigenvalue weighted by Crippen LogP contribution is -2.29. The largest absolute Gasteiger partial charge is 0.504 e. The van der Waals surface area contributed by atoms with Gasteiger partial charge in [0.1, 0.15) is 5.69 Å². The van der Waals surface area contributed by atoms with Crippen molar-refractivity contribution in [3.63, 3.8) is 0 Å². The molecule has 25 heavy (non-hydrogen) atoms. The minimum absolute atomic E-state index is 0.0589. The third-order valence-electron chi connectivity index (χ3n) is 5.16. The molecule has 6 nitrogen and oxygen atoms in total. The number of nitro benzene ring substituents is 1. The normalized spacial score (nSPS) is 23.5. The van der Waals surface area contributed by atoms with Gasteiger partial charge in [-0.25, -0.2) is 0 Å². The summed E-state index contributed by atoms with van der Waals surface area (Å²) in [5.41, 5.74) is 2.23. The fraction of sp³-hybridized carbons (Fsp3) is 0.263. The summed E-state index contributed by atoms with van der Waals surface area (Å²) < 4.78 is 5.22. The number of para-hydroxylation sites is 2. The van der Waals surface area contributed by atoms with Gasteiger partial charge in [0.15, 0.2) is 11.5 Å². The summed E-state index contributed by atoms with van der Waals surface area (Å²) >= 11 is 0. The van der Waals surface area contributed by atoms with Gasteiger partial charge in [0.25, 0.3) is 5.69 Å². The van der Waals surface area contributed by atoms with Crippen LogP contribution in [0, 0.1) is 16.0 Å². The molecule has 0 saturated heterocycles. The van der Waals surface area contributed by atoms with Gasteiger partial charge in [0.2, 0.25) is 0 Å². The third kappa shape index (κ3) is 2.33. The Morgan fingerprint density at radius 2 is 2.00 bits per heavy atom. The highest BCUT2D eigenvalue weighted by atomic mass is 16.6. The van der Waals surface area contributed by atoms with E-state index in [1.54, 1.807) is 12.1 Å². The number of methoxy groups -OCH3 is 1. The lowest BCUT2D eigenvalue weighted by molar-refractivity contribution is -0.384. The zero-order valence-electron chi connectivity index (χ0n) is 13.7. The van der Waals surface area contributed by atoms with Crippen LogP contribution in [0.3, 0.4) is 0 Å². The van der Waals surface area contributed by atoms with Crippen LogP contribution in [0.4, 0.5) is 11.4 Å². The predicted molar refractivity (Wildman–Crippen MR) is 94.1 cm³/mol. The molecule has 0 fully saturated rings. The molecule has 3 atom stereocenters. The molecule has 0 radical (unpaired) electrons. The van der Waals surface area contributed by atoms with Crippen LogP contribution in [-0.2, 0) is 0 Å². The standard InChI is InChI=1S/C19H18N2O4/c1-25-16-10-4-8-14(19(16)22)17-12-6-2-5-11(12)13-7-3-9-15(21(23)24)18(13)20-17/h2-5,7-12,17,20,22H,6H2,1H3. The van der Waals surface area contributed by atoms with Crippen molar-refractivity contribution in [1.29, 1.82) is 0 Å². The maximum absolute atomic E-state index is 11.5. The van der Waals surface area contributed by atoms with Crippen LogP contribution in [0.5, 0.6) is 11.5 Å². The molecule has 4 rings (SSSR count). The van der Waals surface area contributed by atoms with Crippen LogP contribution < -0.4 is 10.1 Å². The SMILES string of the molecule is COc1cccc(C2Nc3c(cccc3[N+](=O)[O-])C3C=CCC32)c1O.